The summed E-state index contributed by atoms with van der Waals surface area (Å²) in [6.45, 7) is 1.90. The summed E-state index contributed by atoms with van der Waals surface area (Å²) < 4.78 is 10.7. The van der Waals surface area contributed by atoms with Gasteiger partial charge in [-0.05, 0) is 56.4 Å². The molecule has 0 saturated carbocycles. The average Bonchev–Trinajstić information content (AvgIpc) is 3.16. The van der Waals surface area contributed by atoms with Crippen molar-refractivity contribution in [1.82, 2.24) is 15.3 Å². The second kappa shape index (κ2) is 9.09. The lowest BCUT2D eigenvalue weighted by Gasteiger charge is -2.18. The van der Waals surface area contributed by atoms with Crippen LogP contribution in [0, 0.1) is 0 Å². The SMILES string of the molecule is COc1ccc(OC)c([C@H](C)NC(=O)CCc2nc3sc4c(c3c(=O)[nH]2)CCCC4)c1. The van der Waals surface area contributed by atoms with Crippen LogP contribution >= 0.6 is 11.3 Å². The van der Waals surface area contributed by atoms with Crippen LogP contribution in [-0.2, 0) is 24.1 Å². The highest BCUT2D eigenvalue weighted by molar-refractivity contribution is 7.18. The van der Waals surface area contributed by atoms with Gasteiger partial charge >= 0.3 is 0 Å². The van der Waals surface area contributed by atoms with Crippen LogP contribution in [0.3, 0.4) is 0 Å². The molecule has 0 fully saturated rings. The van der Waals surface area contributed by atoms with Gasteiger partial charge in [0.1, 0.15) is 22.2 Å². The summed E-state index contributed by atoms with van der Waals surface area (Å²) in [6, 6.07) is 5.24. The summed E-state index contributed by atoms with van der Waals surface area (Å²) in [6.07, 6.45) is 4.88. The number of methoxy groups -OCH3 is 2. The summed E-state index contributed by atoms with van der Waals surface area (Å²) in [5.41, 5.74) is 1.92. The van der Waals surface area contributed by atoms with Crippen LogP contribution < -0.4 is 20.3 Å². The van der Waals surface area contributed by atoms with Gasteiger partial charge in [-0.2, -0.15) is 0 Å². The van der Waals surface area contributed by atoms with Crippen molar-refractivity contribution < 1.29 is 14.3 Å². The quantitative estimate of drug-likeness (QED) is 0.583. The first-order valence-corrected chi connectivity index (χ1v) is 11.4. The Bertz CT molecular complexity index is 1170. The third-order valence-electron chi connectivity index (χ3n) is 5.74. The van der Waals surface area contributed by atoms with E-state index in [2.05, 4.69) is 15.3 Å². The van der Waals surface area contributed by atoms with E-state index >= 15 is 0 Å². The molecular weight excluding hydrogens is 414 g/mol. The highest BCUT2D eigenvalue weighted by atomic mass is 32.1. The minimum atomic E-state index is -0.254. The van der Waals surface area contributed by atoms with Gasteiger partial charge in [-0.25, -0.2) is 4.98 Å². The predicted molar refractivity (Wildman–Crippen MR) is 121 cm³/mol. The molecule has 7 nitrogen and oxygen atoms in total. The van der Waals surface area contributed by atoms with Crippen LogP contribution in [0.5, 0.6) is 11.5 Å². The molecule has 4 rings (SSSR count). The number of H-pyrrole nitrogens is 1. The van der Waals surface area contributed by atoms with Crippen LogP contribution in [0.15, 0.2) is 23.0 Å². The van der Waals surface area contributed by atoms with Gasteiger partial charge in [0.05, 0.1) is 25.6 Å². The van der Waals surface area contributed by atoms with Crippen molar-refractivity contribution in [2.24, 2.45) is 0 Å². The van der Waals surface area contributed by atoms with E-state index in [0.29, 0.717) is 23.7 Å². The molecule has 0 spiro atoms. The van der Waals surface area contributed by atoms with Gasteiger partial charge in [0.2, 0.25) is 5.91 Å². The highest BCUT2D eigenvalue weighted by Crippen LogP contribution is 2.33. The van der Waals surface area contributed by atoms with Crippen molar-refractivity contribution >= 4 is 27.5 Å². The van der Waals surface area contributed by atoms with E-state index < -0.39 is 0 Å². The third-order valence-corrected chi connectivity index (χ3v) is 6.93. The Morgan fingerprint density at radius 2 is 2.06 bits per heavy atom. The Kier molecular flexibility index (Phi) is 6.27. The average molecular weight is 442 g/mol. The number of hydrogen-bond donors (Lipinski definition) is 2. The maximum Gasteiger partial charge on any atom is 0.259 e. The Hall–Kier alpha value is -2.87. The molecular formula is C23H27N3O4S. The Morgan fingerprint density at radius 3 is 2.84 bits per heavy atom. The predicted octanol–water partition coefficient (Wildman–Crippen LogP) is 3.69. The minimum absolute atomic E-state index is 0.0886. The van der Waals surface area contributed by atoms with Gasteiger partial charge in [0, 0.05) is 23.3 Å². The van der Waals surface area contributed by atoms with Crippen LogP contribution in [0.1, 0.15) is 54.1 Å². The lowest BCUT2D eigenvalue weighted by atomic mass is 9.97. The first-order chi connectivity index (χ1) is 15.0. The molecule has 1 aromatic carbocycles. The molecule has 8 heteroatoms. The number of benzene rings is 1. The van der Waals surface area contributed by atoms with Crippen molar-refractivity contribution in [1.29, 1.82) is 0 Å². The monoisotopic (exact) mass is 441 g/mol. The van der Waals surface area contributed by atoms with E-state index in [1.165, 1.54) is 16.9 Å². The lowest BCUT2D eigenvalue weighted by Crippen LogP contribution is -2.27. The number of rotatable bonds is 7. The van der Waals surface area contributed by atoms with E-state index in [9.17, 15) is 9.59 Å². The maximum absolute atomic E-state index is 12.7. The number of aryl methyl sites for hydroxylation is 3. The van der Waals surface area contributed by atoms with Crippen molar-refractivity contribution in [2.45, 2.75) is 51.5 Å². The van der Waals surface area contributed by atoms with Gasteiger partial charge in [-0.3, -0.25) is 9.59 Å². The van der Waals surface area contributed by atoms with E-state index in [1.807, 2.05) is 25.1 Å². The van der Waals surface area contributed by atoms with E-state index in [-0.39, 0.29) is 23.9 Å². The zero-order valence-electron chi connectivity index (χ0n) is 18.0. The molecule has 2 heterocycles. The molecule has 0 saturated heterocycles. The number of nitrogens with one attached hydrogen (secondary N) is 2. The molecule has 0 radical (unpaired) electrons. The van der Waals surface area contributed by atoms with Crippen molar-refractivity contribution in [2.75, 3.05) is 14.2 Å². The Morgan fingerprint density at radius 1 is 1.26 bits per heavy atom. The zero-order valence-corrected chi connectivity index (χ0v) is 18.9. The second-order valence-electron chi connectivity index (χ2n) is 7.80. The number of carbonyl (C=O) groups excluding carboxylic acids is 1. The van der Waals surface area contributed by atoms with E-state index in [1.54, 1.807) is 25.6 Å². The number of carbonyl (C=O) groups is 1. The van der Waals surface area contributed by atoms with Crippen molar-refractivity contribution in [3.63, 3.8) is 0 Å². The molecule has 164 valence electrons. The third kappa shape index (κ3) is 4.44. The molecule has 0 unspecified atom stereocenters. The molecule has 3 aromatic rings. The first-order valence-electron chi connectivity index (χ1n) is 10.5. The maximum atomic E-state index is 12.7. The summed E-state index contributed by atoms with van der Waals surface area (Å²) in [5.74, 6) is 1.82. The lowest BCUT2D eigenvalue weighted by molar-refractivity contribution is -0.121. The standard InChI is InChI=1S/C23H27N3O4S/c1-13(16-12-14(29-2)8-9-17(16)30-3)24-20(27)11-10-19-25-22(28)21-15-6-4-5-7-18(15)31-23(21)26-19/h8-9,12-13H,4-7,10-11H2,1-3H3,(H,24,27)(H,25,26,28)/t13-/m0/s1. The molecule has 1 atom stereocenters. The number of ether oxygens (including phenoxy) is 2. The van der Waals surface area contributed by atoms with Crippen LogP contribution in [0.25, 0.3) is 10.2 Å². The first kappa shape index (κ1) is 21.4. The summed E-state index contributed by atoms with van der Waals surface area (Å²) in [5, 5.41) is 3.73. The summed E-state index contributed by atoms with van der Waals surface area (Å²) in [4.78, 5) is 34.8. The number of fused-ring (bicyclic) bond motifs is 3. The molecule has 2 aromatic heterocycles. The van der Waals surface area contributed by atoms with E-state index in [0.717, 1.165) is 35.0 Å². The fourth-order valence-electron chi connectivity index (χ4n) is 4.13. The van der Waals surface area contributed by atoms with Gasteiger partial charge in [-0.15, -0.1) is 11.3 Å². The molecule has 0 aliphatic heterocycles. The molecule has 31 heavy (non-hydrogen) atoms. The summed E-state index contributed by atoms with van der Waals surface area (Å²) in [7, 11) is 3.20. The smallest absolute Gasteiger partial charge is 0.259 e. The van der Waals surface area contributed by atoms with Crippen molar-refractivity contribution in [3.05, 3.63) is 50.4 Å². The van der Waals surface area contributed by atoms with E-state index in [4.69, 9.17) is 9.47 Å². The number of aromatic nitrogens is 2. The summed E-state index contributed by atoms with van der Waals surface area (Å²) >= 11 is 1.62. The number of aromatic amines is 1. The Balaban J connectivity index is 1.44. The fourth-order valence-corrected chi connectivity index (χ4v) is 5.41. The molecule has 1 aliphatic rings. The van der Waals surface area contributed by atoms with Crippen LogP contribution in [-0.4, -0.2) is 30.1 Å². The van der Waals surface area contributed by atoms with Gasteiger partial charge < -0.3 is 19.8 Å². The Labute approximate surface area is 184 Å². The normalized spacial score (nSPS) is 14.2. The minimum Gasteiger partial charge on any atom is -0.497 e. The molecule has 1 amide bonds. The van der Waals surface area contributed by atoms with Gasteiger partial charge in [0.25, 0.3) is 5.56 Å². The zero-order chi connectivity index (χ0) is 22.0. The highest BCUT2D eigenvalue weighted by Gasteiger charge is 2.20. The molecule has 2 N–H and O–H groups in total. The number of hydrogen-bond acceptors (Lipinski definition) is 6. The van der Waals surface area contributed by atoms with Crippen LogP contribution in [0.2, 0.25) is 0 Å². The van der Waals surface area contributed by atoms with Gasteiger partial charge in [0.15, 0.2) is 0 Å². The number of thiophene rings is 1. The fraction of sp³-hybridized carbons (Fsp3) is 0.435. The molecule has 1 aliphatic carbocycles. The van der Waals surface area contributed by atoms with Gasteiger partial charge in [-0.1, -0.05) is 0 Å². The molecule has 0 bridgehead atoms. The number of amides is 1. The number of nitrogens with zero attached hydrogens (tertiary/aromatic N) is 1. The second-order valence-corrected chi connectivity index (χ2v) is 8.88. The topological polar surface area (TPSA) is 93.3 Å². The van der Waals surface area contributed by atoms with Crippen LogP contribution in [0.4, 0.5) is 0 Å². The largest absolute Gasteiger partial charge is 0.497 e. The van der Waals surface area contributed by atoms with Crippen molar-refractivity contribution in [3.8, 4) is 11.5 Å².